The van der Waals surface area contributed by atoms with Crippen molar-refractivity contribution in [1.29, 1.82) is 0 Å². The van der Waals surface area contributed by atoms with E-state index in [0.29, 0.717) is 19.4 Å². The Bertz CT molecular complexity index is 389. The molecular weight excluding hydrogens is 254 g/mol. The topological polar surface area (TPSA) is 69.2 Å². The Morgan fingerprint density at radius 3 is 2.55 bits per heavy atom. The van der Waals surface area contributed by atoms with Gasteiger partial charge in [0.1, 0.15) is 0 Å². The molecule has 2 aliphatic carbocycles. The van der Waals surface area contributed by atoms with Gasteiger partial charge in [0.2, 0.25) is 5.91 Å². The summed E-state index contributed by atoms with van der Waals surface area (Å²) in [6, 6.07) is 0. The predicted molar refractivity (Wildman–Crippen MR) is 74.6 cm³/mol. The number of amides is 1. The van der Waals surface area contributed by atoms with E-state index in [-0.39, 0.29) is 5.91 Å². The van der Waals surface area contributed by atoms with Crippen molar-refractivity contribution < 1.29 is 14.7 Å². The van der Waals surface area contributed by atoms with E-state index >= 15 is 0 Å². The van der Waals surface area contributed by atoms with E-state index in [4.69, 9.17) is 0 Å². The van der Waals surface area contributed by atoms with Crippen LogP contribution in [0.25, 0.3) is 0 Å². The molecule has 1 N–H and O–H groups in total. The van der Waals surface area contributed by atoms with Crippen molar-refractivity contribution in [2.24, 2.45) is 11.8 Å². The third-order valence-electron chi connectivity index (χ3n) is 4.54. The molecule has 0 saturated heterocycles. The molecule has 4 nitrogen and oxygen atoms in total. The highest BCUT2D eigenvalue weighted by Crippen LogP contribution is 2.30. The van der Waals surface area contributed by atoms with Crippen molar-refractivity contribution in [3.05, 3.63) is 11.6 Å². The van der Waals surface area contributed by atoms with Gasteiger partial charge in [0, 0.05) is 24.3 Å². The molecule has 2 atom stereocenters. The molecule has 0 aromatic rings. The van der Waals surface area contributed by atoms with Crippen molar-refractivity contribution in [2.75, 3.05) is 6.54 Å². The third-order valence-corrected chi connectivity index (χ3v) is 4.54. The number of aliphatic carboxylic acids is 1. The Morgan fingerprint density at radius 2 is 1.90 bits per heavy atom. The van der Waals surface area contributed by atoms with E-state index < -0.39 is 17.8 Å². The van der Waals surface area contributed by atoms with Crippen LogP contribution in [0.15, 0.2) is 11.6 Å². The average molecular weight is 278 g/mol. The van der Waals surface area contributed by atoms with Crippen molar-refractivity contribution in [2.45, 2.75) is 57.8 Å². The molecule has 4 heteroatoms. The van der Waals surface area contributed by atoms with Crippen molar-refractivity contribution in [3.8, 4) is 0 Å². The Kier molecular flexibility index (Phi) is 5.62. The van der Waals surface area contributed by atoms with Crippen molar-refractivity contribution in [3.63, 3.8) is 0 Å². The van der Waals surface area contributed by atoms with Gasteiger partial charge in [0.15, 0.2) is 0 Å². The number of allylic oxidation sites excluding steroid dienone is 1. The Hall–Kier alpha value is -1.32. The molecule has 1 amide bonds. The van der Waals surface area contributed by atoms with Crippen LogP contribution < -0.4 is 10.4 Å². The van der Waals surface area contributed by atoms with Crippen molar-refractivity contribution in [1.82, 2.24) is 5.32 Å². The molecule has 112 valence electrons. The van der Waals surface area contributed by atoms with Crippen LogP contribution in [0.2, 0.25) is 0 Å². The predicted octanol–water partition coefficient (Wildman–Crippen LogP) is 1.55. The van der Waals surface area contributed by atoms with Crippen LogP contribution in [0.4, 0.5) is 0 Å². The van der Waals surface area contributed by atoms with Gasteiger partial charge < -0.3 is 15.2 Å². The number of carbonyl (C=O) groups is 2. The van der Waals surface area contributed by atoms with Gasteiger partial charge in [-0.25, -0.2) is 0 Å². The smallest absolute Gasteiger partial charge is 0.223 e. The molecule has 1 saturated carbocycles. The second kappa shape index (κ2) is 7.46. The van der Waals surface area contributed by atoms with E-state index in [2.05, 4.69) is 11.4 Å². The minimum atomic E-state index is -1.07. The van der Waals surface area contributed by atoms with Crippen LogP contribution in [0.3, 0.4) is 0 Å². The number of rotatable bonds is 5. The molecule has 2 rings (SSSR count). The van der Waals surface area contributed by atoms with Gasteiger partial charge in [-0.2, -0.15) is 0 Å². The molecule has 0 aromatic carbocycles. The fraction of sp³-hybridized carbons (Fsp3) is 0.750. The van der Waals surface area contributed by atoms with E-state index in [1.807, 2.05) is 0 Å². The zero-order chi connectivity index (χ0) is 14.4. The Morgan fingerprint density at radius 1 is 1.15 bits per heavy atom. The standard InChI is InChI=1S/C16H25NO3/c18-15(13-8-4-5-9-14(13)16(19)20)17-11-10-12-6-2-1-3-7-12/h6,13-14H,1-5,7-11H2,(H,17,18)(H,19,20)/p-1/t13-,14+/m1/s1. The summed E-state index contributed by atoms with van der Waals surface area (Å²) >= 11 is 0. The zero-order valence-electron chi connectivity index (χ0n) is 12.0. The van der Waals surface area contributed by atoms with Gasteiger partial charge >= 0.3 is 0 Å². The lowest BCUT2D eigenvalue weighted by molar-refractivity contribution is -0.314. The molecule has 0 spiro atoms. The number of hydrogen-bond donors (Lipinski definition) is 1. The maximum Gasteiger partial charge on any atom is 0.223 e. The summed E-state index contributed by atoms with van der Waals surface area (Å²) in [5.41, 5.74) is 1.43. The second-order valence-corrected chi connectivity index (χ2v) is 5.97. The summed E-state index contributed by atoms with van der Waals surface area (Å²) in [5.74, 6) is -2.16. The van der Waals surface area contributed by atoms with Crippen LogP contribution >= 0.6 is 0 Å². The highest BCUT2D eigenvalue weighted by atomic mass is 16.4. The summed E-state index contributed by atoms with van der Waals surface area (Å²) in [4.78, 5) is 23.2. The molecule has 20 heavy (non-hydrogen) atoms. The zero-order valence-corrected chi connectivity index (χ0v) is 12.0. The quantitative estimate of drug-likeness (QED) is 0.776. The molecule has 1 fully saturated rings. The van der Waals surface area contributed by atoms with Crippen LogP contribution in [0, 0.1) is 11.8 Å². The molecule has 0 heterocycles. The van der Waals surface area contributed by atoms with Crippen LogP contribution in [0.1, 0.15) is 57.8 Å². The SMILES string of the molecule is O=C([O-])[C@H]1CCCC[C@H]1C(=O)NCCC1=CCCCC1. The molecule has 0 bridgehead atoms. The molecule has 0 aromatic heterocycles. The number of nitrogens with one attached hydrogen (secondary N) is 1. The minimum absolute atomic E-state index is 0.102. The first-order valence-corrected chi connectivity index (χ1v) is 7.85. The summed E-state index contributed by atoms with van der Waals surface area (Å²) < 4.78 is 0. The van der Waals surface area contributed by atoms with Gasteiger partial charge in [-0.15, -0.1) is 0 Å². The average Bonchev–Trinajstić information content (AvgIpc) is 2.48. The lowest BCUT2D eigenvalue weighted by Crippen LogP contribution is -2.44. The van der Waals surface area contributed by atoms with Crippen LogP contribution in [0.5, 0.6) is 0 Å². The molecule has 0 aliphatic heterocycles. The summed E-state index contributed by atoms with van der Waals surface area (Å²) in [6.07, 6.45) is 11.1. The van der Waals surface area contributed by atoms with Gasteiger partial charge in [0.05, 0.1) is 0 Å². The van der Waals surface area contributed by atoms with Gasteiger partial charge in [0.25, 0.3) is 0 Å². The van der Waals surface area contributed by atoms with E-state index in [0.717, 1.165) is 32.1 Å². The number of carboxylic acid groups (broad SMARTS) is 1. The van der Waals surface area contributed by atoms with Gasteiger partial charge in [-0.3, -0.25) is 4.79 Å². The molecular formula is C16H24NO3-. The van der Waals surface area contributed by atoms with Gasteiger partial charge in [-0.1, -0.05) is 24.5 Å². The fourth-order valence-corrected chi connectivity index (χ4v) is 3.34. The normalized spacial score (nSPS) is 26.7. The van der Waals surface area contributed by atoms with Crippen molar-refractivity contribution >= 4 is 11.9 Å². The highest BCUT2D eigenvalue weighted by Gasteiger charge is 2.31. The number of carboxylic acids is 1. The van der Waals surface area contributed by atoms with Gasteiger partial charge in [-0.05, 0) is 44.9 Å². The first kappa shape index (κ1) is 15.1. The third kappa shape index (κ3) is 4.09. The lowest BCUT2D eigenvalue weighted by atomic mass is 9.78. The molecule has 0 radical (unpaired) electrons. The Labute approximate surface area is 120 Å². The van der Waals surface area contributed by atoms with E-state index in [9.17, 15) is 14.7 Å². The number of carbonyl (C=O) groups excluding carboxylic acids is 2. The molecule has 0 unspecified atom stereocenters. The van der Waals surface area contributed by atoms with Crippen LogP contribution in [-0.2, 0) is 9.59 Å². The lowest BCUT2D eigenvalue weighted by Gasteiger charge is -2.31. The molecule has 2 aliphatic rings. The number of hydrogen-bond acceptors (Lipinski definition) is 3. The van der Waals surface area contributed by atoms with Crippen LogP contribution in [-0.4, -0.2) is 18.4 Å². The highest BCUT2D eigenvalue weighted by molar-refractivity contribution is 5.84. The fourth-order valence-electron chi connectivity index (χ4n) is 3.34. The maximum atomic E-state index is 12.1. The largest absolute Gasteiger partial charge is 0.550 e. The maximum absolute atomic E-state index is 12.1. The van der Waals surface area contributed by atoms with E-state index in [1.165, 1.54) is 18.4 Å². The first-order valence-electron chi connectivity index (χ1n) is 7.85. The Balaban J connectivity index is 1.78. The van der Waals surface area contributed by atoms with E-state index in [1.54, 1.807) is 0 Å². The monoisotopic (exact) mass is 278 g/mol. The summed E-state index contributed by atoms with van der Waals surface area (Å²) in [6.45, 7) is 0.626. The second-order valence-electron chi connectivity index (χ2n) is 5.97. The summed E-state index contributed by atoms with van der Waals surface area (Å²) in [5, 5.41) is 14.0. The minimum Gasteiger partial charge on any atom is -0.550 e. The first-order chi connectivity index (χ1) is 9.68. The summed E-state index contributed by atoms with van der Waals surface area (Å²) in [7, 11) is 0.